The van der Waals surface area contributed by atoms with Gasteiger partial charge in [0.25, 0.3) is 0 Å². The minimum absolute atomic E-state index is 0.141. The molecule has 0 radical (unpaired) electrons. The number of nitrogens with zero attached hydrogens (tertiary/aromatic N) is 2. The molecule has 112 valence electrons. The third-order valence-corrected chi connectivity index (χ3v) is 3.17. The summed E-state index contributed by atoms with van der Waals surface area (Å²) >= 11 is 11.7. The number of imidazole rings is 1. The molecule has 0 amide bonds. The van der Waals surface area contributed by atoms with E-state index >= 15 is 0 Å². The van der Waals surface area contributed by atoms with Crippen LogP contribution in [0.15, 0.2) is 0 Å². The molecule has 0 bridgehead atoms. The fourth-order valence-corrected chi connectivity index (χ4v) is 2.00. The van der Waals surface area contributed by atoms with E-state index in [1.807, 2.05) is 0 Å². The number of ketones is 1. The molecule has 0 fully saturated rings. The van der Waals surface area contributed by atoms with Gasteiger partial charge < -0.3 is 14.0 Å². The molecular weight excluding hydrogens is 307 g/mol. The average molecular weight is 323 g/mol. The normalized spacial score (nSPS) is 10.6. The minimum Gasteiger partial charge on any atom is -0.466 e. The van der Waals surface area contributed by atoms with Gasteiger partial charge in [0, 0.05) is 6.54 Å². The average Bonchev–Trinajstić information content (AvgIpc) is 2.60. The van der Waals surface area contributed by atoms with E-state index < -0.39 is 5.97 Å². The number of hydrogen-bond acceptors (Lipinski definition) is 5. The largest absolute Gasteiger partial charge is 0.466 e. The van der Waals surface area contributed by atoms with E-state index in [1.165, 1.54) is 0 Å². The lowest BCUT2D eigenvalue weighted by Gasteiger charge is -2.07. The molecule has 0 atom stereocenters. The molecule has 0 saturated heterocycles. The monoisotopic (exact) mass is 322 g/mol. The number of rotatable bonds is 8. The Balaban J connectivity index is 2.28. The first-order valence-corrected chi connectivity index (χ1v) is 6.84. The Morgan fingerprint density at radius 1 is 1.35 bits per heavy atom. The maximum atomic E-state index is 11.4. The van der Waals surface area contributed by atoms with Crippen molar-refractivity contribution in [1.82, 2.24) is 9.55 Å². The second-order valence-electron chi connectivity index (χ2n) is 3.97. The number of aryl methyl sites for hydroxylation is 1. The van der Waals surface area contributed by atoms with E-state index in [4.69, 9.17) is 27.9 Å². The van der Waals surface area contributed by atoms with Gasteiger partial charge in [-0.1, -0.05) is 23.2 Å². The first kappa shape index (κ1) is 16.9. The van der Waals surface area contributed by atoms with Crippen molar-refractivity contribution < 1.29 is 19.1 Å². The van der Waals surface area contributed by atoms with E-state index in [0.29, 0.717) is 17.5 Å². The van der Waals surface area contributed by atoms with E-state index in [1.54, 1.807) is 18.4 Å². The lowest BCUT2D eigenvalue weighted by molar-refractivity contribution is -0.146. The van der Waals surface area contributed by atoms with Crippen molar-refractivity contribution in [1.29, 1.82) is 0 Å². The minimum atomic E-state index is -0.540. The molecule has 0 saturated carbocycles. The van der Waals surface area contributed by atoms with Crippen molar-refractivity contribution in [3.63, 3.8) is 0 Å². The zero-order chi connectivity index (χ0) is 15.1. The Bertz CT molecular complexity index is 488. The molecule has 1 aromatic rings. The fourth-order valence-electron chi connectivity index (χ4n) is 1.53. The highest BCUT2D eigenvalue weighted by atomic mass is 35.5. The van der Waals surface area contributed by atoms with Crippen LogP contribution in [0.3, 0.4) is 0 Å². The molecule has 1 heterocycles. The Morgan fingerprint density at radius 2 is 2.05 bits per heavy atom. The molecule has 0 aliphatic rings. The smallest absolute Gasteiger partial charge is 0.313 e. The third-order valence-electron chi connectivity index (χ3n) is 2.43. The SMILES string of the molecule is CCOC(=O)CC(=O)COCCn1c(C)nc(Cl)c1Cl. The molecule has 0 unspecified atom stereocenters. The fraction of sp³-hybridized carbons (Fsp3) is 0.583. The van der Waals surface area contributed by atoms with Crippen LogP contribution in [0.1, 0.15) is 19.2 Å². The Morgan fingerprint density at radius 3 is 2.60 bits per heavy atom. The van der Waals surface area contributed by atoms with Gasteiger partial charge in [-0.05, 0) is 13.8 Å². The third kappa shape index (κ3) is 5.11. The summed E-state index contributed by atoms with van der Waals surface area (Å²) in [7, 11) is 0. The molecule has 0 spiro atoms. The van der Waals surface area contributed by atoms with Gasteiger partial charge in [0.2, 0.25) is 0 Å². The summed E-state index contributed by atoms with van der Waals surface area (Å²) in [6.07, 6.45) is -0.273. The summed E-state index contributed by atoms with van der Waals surface area (Å²) in [6, 6.07) is 0. The predicted molar refractivity (Wildman–Crippen MR) is 74.1 cm³/mol. The van der Waals surface area contributed by atoms with E-state index in [-0.39, 0.29) is 37.2 Å². The number of aromatic nitrogens is 2. The number of hydrogen-bond donors (Lipinski definition) is 0. The quantitative estimate of drug-likeness (QED) is 0.416. The number of halogens is 2. The summed E-state index contributed by atoms with van der Waals surface area (Å²) in [5.41, 5.74) is 0. The van der Waals surface area contributed by atoms with Crippen LogP contribution in [0.2, 0.25) is 10.3 Å². The second-order valence-corrected chi connectivity index (χ2v) is 4.68. The van der Waals surface area contributed by atoms with Gasteiger partial charge >= 0.3 is 5.97 Å². The van der Waals surface area contributed by atoms with Crippen molar-refractivity contribution in [2.24, 2.45) is 0 Å². The predicted octanol–water partition coefficient (Wildman–Crippen LogP) is 2.04. The standard InChI is InChI=1S/C12H16Cl2N2O4/c1-3-20-10(18)6-9(17)7-19-5-4-16-8(2)15-11(13)12(16)14/h3-7H2,1-2H3. The van der Waals surface area contributed by atoms with Crippen molar-refractivity contribution in [3.05, 3.63) is 16.1 Å². The highest BCUT2D eigenvalue weighted by molar-refractivity contribution is 6.40. The van der Waals surface area contributed by atoms with Gasteiger partial charge in [-0.25, -0.2) is 4.98 Å². The van der Waals surface area contributed by atoms with Crippen molar-refractivity contribution in [2.75, 3.05) is 19.8 Å². The lowest BCUT2D eigenvalue weighted by Crippen LogP contribution is -2.17. The first-order valence-electron chi connectivity index (χ1n) is 6.08. The Hall–Kier alpha value is -1.11. The molecule has 6 nitrogen and oxygen atoms in total. The number of Topliss-reactive ketones (excluding diaryl/α,β-unsaturated/α-hetero) is 1. The van der Waals surface area contributed by atoms with Crippen LogP contribution in [-0.2, 0) is 25.6 Å². The molecule has 0 N–H and O–H groups in total. The Labute approximate surface area is 127 Å². The molecule has 0 aromatic carbocycles. The van der Waals surface area contributed by atoms with Gasteiger partial charge in [-0.3, -0.25) is 9.59 Å². The van der Waals surface area contributed by atoms with Crippen LogP contribution in [0.25, 0.3) is 0 Å². The molecule has 1 aromatic heterocycles. The second kappa shape index (κ2) is 8.24. The van der Waals surface area contributed by atoms with Crippen LogP contribution in [0.4, 0.5) is 0 Å². The highest BCUT2D eigenvalue weighted by Crippen LogP contribution is 2.21. The maximum Gasteiger partial charge on any atom is 0.313 e. The van der Waals surface area contributed by atoms with Crippen LogP contribution < -0.4 is 0 Å². The number of carbonyl (C=O) groups is 2. The highest BCUT2D eigenvalue weighted by Gasteiger charge is 2.12. The van der Waals surface area contributed by atoms with Gasteiger partial charge in [0.15, 0.2) is 10.9 Å². The van der Waals surface area contributed by atoms with Gasteiger partial charge in [0.05, 0.1) is 13.2 Å². The van der Waals surface area contributed by atoms with E-state index in [9.17, 15) is 9.59 Å². The number of carbonyl (C=O) groups excluding carboxylic acids is 2. The topological polar surface area (TPSA) is 70.4 Å². The summed E-state index contributed by atoms with van der Waals surface area (Å²) in [5, 5.41) is 0.577. The van der Waals surface area contributed by atoms with E-state index in [2.05, 4.69) is 9.72 Å². The van der Waals surface area contributed by atoms with Gasteiger partial charge in [-0.15, -0.1) is 0 Å². The molecule has 1 rings (SSSR count). The first-order chi connectivity index (χ1) is 9.45. The summed E-state index contributed by atoms with van der Waals surface area (Å²) in [4.78, 5) is 26.4. The maximum absolute atomic E-state index is 11.4. The number of esters is 1. The number of ether oxygens (including phenoxy) is 2. The van der Waals surface area contributed by atoms with Crippen molar-refractivity contribution in [2.45, 2.75) is 26.8 Å². The summed E-state index contributed by atoms with van der Waals surface area (Å²) in [5.74, 6) is -0.197. The molecule has 20 heavy (non-hydrogen) atoms. The lowest BCUT2D eigenvalue weighted by atomic mass is 10.3. The Kier molecular flexibility index (Phi) is 6.98. The molecule has 0 aliphatic heterocycles. The zero-order valence-electron chi connectivity index (χ0n) is 11.3. The van der Waals surface area contributed by atoms with Crippen LogP contribution in [0, 0.1) is 6.92 Å². The van der Waals surface area contributed by atoms with Gasteiger partial charge in [-0.2, -0.15) is 0 Å². The summed E-state index contributed by atoms with van der Waals surface area (Å²) in [6.45, 7) is 4.26. The van der Waals surface area contributed by atoms with Crippen LogP contribution >= 0.6 is 23.2 Å². The molecule has 0 aliphatic carbocycles. The van der Waals surface area contributed by atoms with Crippen molar-refractivity contribution >= 4 is 35.0 Å². The molecule has 8 heteroatoms. The molecular formula is C12H16Cl2N2O4. The summed E-state index contributed by atoms with van der Waals surface area (Å²) < 4.78 is 11.5. The van der Waals surface area contributed by atoms with Crippen molar-refractivity contribution in [3.8, 4) is 0 Å². The van der Waals surface area contributed by atoms with Crippen LogP contribution in [-0.4, -0.2) is 41.1 Å². The zero-order valence-corrected chi connectivity index (χ0v) is 12.8. The van der Waals surface area contributed by atoms with Crippen LogP contribution in [0.5, 0.6) is 0 Å². The van der Waals surface area contributed by atoms with Gasteiger partial charge in [0.1, 0.15) is 24.0 Å². The van der Waals surface area contributed by atoms with E-state index in [0.717, 1.165) is 0 Å².